The van der Waals surface area contributed by atoms with Crippen LogP contribution in [-0.2, 0) is 0 Å². The van der Waals surface area contributed by atoms with Gasteiger partial charge in [0, 0.05) is 19.1 Å². The molecule has 2 N–H and O–H groups in total. The van der Waals surface area contributed by atoms with Crippen molar-refractivity contribution in [2.75, 3.05) is 18.4 Å². The van der Waals surface area contributed by atoms with Crippen molar-refractivity contribution in [3.63, 3.8) is 0 Å². The minimum Gasteiger partial charge on any atom is -0.367 e. The van der Waals surface area contributed by atoms with E-state index in [0.717, 1.165) is 29.2 Å². The molecule has 5 nitrogen and oxygen atoms in total. The Morgan fingerprint density at radius 3 is 2.94 bits per heavy atom. The highest BCUT2D eigenvalue weighted by Gasteiger charge is 2.02. The van der Waals surface area contributed by atoms with Crippen LogP contribution in [0.25, 0.3) is 5.65 Å². The lowest BCUT2D eigenvalue weighted by atomic mass is 10.4. The first-order valence-electron chi connectivity index (χ1n) is 5.64. The fraction of sp³-hybridized carbons (Fsp3) is 0.455. The first kappa shape index (κ1) is 12.3. The van der Waals surface area contributed by atoms with Crippen molar-refractivity contribution in [3.8, 4) is 0 Å². The molecule has 0 saturated heterocycles. The fourth-order valence-electron chi connectivity index (χ4n) is 1.49. The molecule has 0 atom stereocenters. The van der Waals surface area contributed by atoms with E-state index < -0.39 is 0 Å². The molecule has 2 heterocycles. The van der Waals surface area contributed by atoms with E-state index in [0.29, 0.717) is 6.04 Å². The quantitative estimate of drug-likeness (QED) is 0.828. The van der Waals surface area contributed by atoms with Gasteiger partial charge in [-0.3, -0.25) is 0 Å². The van der Waals surface area contributed by atoms with E-state index in [1.165, 1.54) is 0 Å². The van der Waals surface area contributed by atoms with Gasteiger partial charge >= 0.3 is 0 Å². The van der Waals surface area contributed by atoms with E-state index in [-0.39, 0.29) is 0 Å². The van der Waals surface area contributed by atoms with Gasteiger partial charge in [0.2, 0.25) is 0 Å². The van der Waals surface area contributed by atoms with Gasteiger partial charge in [-0.15, -0.1) is 5.10 Å². The van der Waals surface area contributed by atoms with Crippen LogP contribution in [0.3, 0.4) is 0 Å². The lowest BCUT2D eigenvalue weighted by Gasteiger charge is -2.09. The Kier molecular flexibility index (Phi) is 3.96. The van der Waals surface area contributed by atoms with E-state index in [2.05, 4.69) is 50.5 Å². The molecule has 0 spiro atoms. The van der Waals surface area contributed by atoms with Gasteiger partial charge in [0.05, 0.1) is 6.20 Å². The first-order chi connectivity index (χ1) is 8.16. The summed E-state index contributed by atoms with van der Waals surface area (Å²) in [6, 6.07) is 4.38. The van der Waals surface area contributed by atoms with E-state index in [9.17, 15) is 0 Å². The lowest BCUT2D eigenvalue weighted by molar-refractivity contribution is 0.601. The van der Waals surface area contributed by atoms with Crippen molar-refractivity contribution in [1.29, 1.82) is 0 Å². The number of rotatable bonds is 5. The number of hydrogen-bond acceptors (Lipinski definition) is 4. The number of anilines is 1. The highest BCUT2D eigenvalue weighted by atomic mass is 79.9. The zero-order valence-electron chi connectivity index (χ0n) is 9.94. The fourth-order valence-corrected chi connectivity index (χ4v) is 1.85. The molecule has 2 aromatic rings. The van der Waals surface area contributed by atoms with Crippen LogP contribution in [0.4, 0.5) is 5.82 Å². The number of imidazole rings is 1. The molecule has 0 aliphatic rings. The maximum Gasteiger partial charge on any atom is 0.154 e. The second-order valence-corrected chi connectivity index (χ2v) is 4.92. The first-order valence-corrected chi connectivity index (χ1v) is 6.43. The molecule has 0 amide bonds. The minimum atomic E-state index is 0.509. The van der Waals surface area contributed by atoms with Gasteiger partial charge in [0.1, 0.15) is 10.4 Å². The van der Waals surface area contributed by atoms with Gasteiger partial charge < -0.3 is 10.6 Å². The number of halogens is 1. The number of fused-ring (bicyclic) bond motifs is 1. The molecule has 0 bridgehead atoms. The summed E-state index contributed by atoms with van der Waals surface area (Å²) in [5.74, 6) is 0.849. The summed E-state index contributed by atoms with van der Waals surface area (Å²) in [4.78, 5) is 4.19. The van der Waals surface area contributed by atoms with Crippen molar-refractivity contribution in [2.24, 2.45) is 0 Å². The average Bonchev–Trinajstić information content (AvgIpc) is 2.66. The molecular formula is C11H16BrN5. The third kappa shape index (κ3) is 3.17. The Morgan fingerprint density at radius 2 is 2.18 bits per heavy atom. The standard InChI is InChI=1S/C11H16BrN5/c1-8(2)13-5-6-14-10-3-4-11-15-7-9(12)17(11)16-10/h3-4,7-8,13H,5-6H2,1-2H3,(H,14,16). The SMILES string of the molecule is CC(C)NCCNc1ccc2ncc(Br)n2n1. The van der Waals surface area contributed by atoms with E-state index >= 15 is 0 Å². The van der Waals surface area contributed by atoms with Gasteiger partial charge in [0.25, 0.3) is 0 Å². The maximum atomic E-state index is 4.42. The maximum absolute atomic E-state index is 4.42. The number of hydrogen-bond donors (Lipinski definition) is 2. The predicted molar refractivity (Wildman–Crippen MR) is 72.3 cm³/mol. The monoisotopic (exact) mass is 297 g/mol. The molecule has 6 heteroatoms. The minimum absolute atomic E-state index is 0.509. The highest BCUT2D eigenvalue weighted by molar-refractivity contribution is 9.10. The Labute approximate surface area is 109 Å². The van der Waals surface area contributed by atoms with Crippen LogP contribution in [0.15, 0.2) is 22.9 Å². The molecule has 0 aliphatic heterocycles. The summed E-state index contributed by atoms with van der Waals surface area (Å²) in [5.41, 5.74) is 0.836. The summed E-state index contributed by atoms with van der Waals surface area (Å²) in [7, 11) is 0. The second-order valence-electron chi connectivity index (χ2n) is 4.11. The zero-order valence-corrected chi connectivity index (χ0v) is 11.5. The molecule has 0 radical (unpaired) electrons. The Balaban J connectivity index is 1.97. The topological polar surface area (TPSA) is 54.2 Å². The number of aromatic nitrogens is 3. The van der Waals surface area contributed by atoms with Gasteiger partial charge in [-0.1, -0.05) is 13.8 Å². The summed E-state index contributed by atoms with van der Waals surface area (Å²) in [5, 5.41) is 11.0. The van der Waals surface area contributed by atoms with E-state index in [1.54, 1.807) is 10.7 Å². The molecule has 0 aromatic carbocycles. The third-order valence-electron chi connectivity index (χ3n) is 2.30. The smallest absolute Gasteiger partial charge is 0.154 e. The normalized spacial score (nSPS) is 11.3. The van der Waals surface area contributed by atoms with Crippen molar-refractivity contribution < 1.29 is 0 Å². The van der Waals surface area contributed by atoms with Crippen LogP contribution in [-0.4, -0.2) is 33.7 Å². The highest BCUT2D eigenvalue weighted by Crippen LogP contribution is 2.13. The van der Waals surface area contributed by atoms with E-state index in [1.807, 2.05) is 12.1 Å². The average molecular weight is 298 g/mol. The zero-order chi connectivity index (χ0) is 12.3. The molecule has 2 rings (SSSR count). The van der Waals surface area contributed by atoms with Gasteiger partial charge in [-0.05, 0) is 28.1 Å². The Morgan fingerprint density at radius 1 is 1.35 bits per heavy atom. The van der Waals surface area contributed by atoms with Gasteiger partial charge in [0.15, 0.2) is 5.65 Å². The van der Waals surface area contributed by atoms with Gasteiger partial charge in [-0.25, -0.2) is 9.50 Å². The summed E-state index contributed by atoms with van der Waals surface area (Å²) >= 11 is 3.40. The lowest BCUT2D eigenvalue weighted by Crippen LogP contribution is -2.28. The summed E-state index contributed by atoms with van der Waals surface area (Å²) < 4.78 is 2.62. The summed E-state index contributed by atoms with van der Waals surface area (Å²) in [6.45, 7) is 6.03. The van der Waals surface area contributed by atoms with Crippen molar-refractivity contribution in [3.05, 3.63) is 22.9 Å². The van der Waals surface area contributed by atoms with Crippen molar-refractivity contribution >= 4 is 27.4 Å². The van der Waals surface area contributed by atoms with Crippen LogP contribution in [0.2, 0.25) is 0 Å². The predicted octanol–water partition coefficient (Wildman–Crippen LogP) is 1.90. The number of nitrogens with one attached hydrogen (secondary N) is 2. The Bertz CT molecular complexity index is 494. The van der Waals surface area contributed by atoms with Gasteiger partial charge in [-0.2, -0.15) is 0 Å². The van der Waals surface area contributed by atoms with Crippen LogP contribution in [0.5, 0.6) is 0 Å². The van der Waals surface area contributed by atoms with Crippen LogP contribution in [0, 0.1) is 0 Å². The van der Waals surface area contributed by atoms with Crippen LogP contribution < -0.4 is 10.6 Å². The molecule has 17 heavy (non-hydrogen) atoms. The molecule has 0 saturated carbocycles. The molecular weight excluding hydrogens is 282 g/mol. The van der Waals surface area contributed by atoms with Crippen LogP contribution in [0.1, 0.15) is 13.8 Å². The Hall–Kier alpha value is -1.14. The third-order valence-corrected chi connectivity index (χ3v) is 2.85. The molecule has 0 aliphatic carbocycles. The summed E-state index contributed by atoms with van der Waals surface area (Å²) in [6.07, 6.45) is 1.74. The van der Waals surface area contributed by atoms with Crippen molar-refractivity contribution in [1.82, 2.24) is 19.9 Å². The van der Waals surface area contributed by atoms with Crippen molar-refractivity contribution in [2.45, 2.75) is 19.9 Å². The molecule has 0 fully saturated rings. The van der Waals surface area contributed by atoms with Crippen LogP contribution >= 0.6 is 15.9 Å². The second kappa shape index (κ2) is 5.46. The van der Waals surface area contributed by atoms with E-state index in [4.69, 9.17) is 0 Å². The molecule has 92 valence electrons. The molecule has 2 aromatic heterocycles. The largest absolute Gasteiger partial charge is 0.367 e. The molecule has 0 unspecified atom stereocenters. The number of nitrogens with zero attached hydrogens (tertiary/aromatic N) is 3.